The molecule has 1 aliphatic heterocycles. The molecule has 0 aliphatic carbocycles. The van der Waals surface area contributed by atoms with Crippen molar-refractivity contribution in [2.75, 3.05) is 13.2 Å². The second kappa shape index (κ2) is 5.88. The summed E-state index contributed by atoms with van der Waals surface area (Å²) in [6, 6.07) is -0.0956. The molecule has 1 rings (SSSR count). The summed E-state index contributed by atoms with van der Waals surface area (Å²) in [6.07, 6.45) is 2.54. The number of amides is 1. The van der Waals surface area contributed by atoms with E-state index < -0.39 is 0 Å². The molecular weight excluding hydrogens is 194 g/mol. The summed E-state index contributed by atoms with van der Waals surface area (Å²) in [5, 5.41) is 11.8. The maximum atomic E-state index is 11.4. The zero-order valence-corrected chi connectivity index (χ0v) is 9.16. The smallest absolute Gasteiger partial charge is 0.246 e. The lowest BCUT2D eigenvalue weighted by atomic mass is 10.0. The fourth-order valence-corrected chi connectivity index (χ4v) is 1.70. The number of ether oxygens (including phenoxy) is 1. The first-order valence-electron chi connectivity index (χ1n) is 5.34. The summed E-state index contributed by atoms with van der Waals surface area (Å²) >= 11 is 0. The van der Waals surface area contributed by atoms with E-state index in [9.17, 15) is 4.79 Å². The minimum absolute atomic E-state index is 0.0421. The lowest BCUT2D eigenvalue weighted by Crippen LogP contribution is -2.43. The van der Waals surface area contributed by atoms with E-state index in [1.165, 1.54) is 0 Å². The van der Waals surface area contributed by atoms with Crippen molar-refractivity contribution in [3.05, 3.63) is 12.2 Å². The number of nitrogens with one attached hydrogen (secondary N) is 1. The number of hydrogen-bond donors (Lipinski definition) is 2. The molecule has 4 nitrogen and oxygen atoms in total. The molecule has 0 bridgehead atoms. The van der Waals surface area contributed by atoms with Crippen LogP contribution in [0.5, 0.6) is 0 Å². The molecule has 1 saturated heterocycles. The fourth-order valence-electron chi connectivity index (χ4n) is 1.70. The van der Waals surface area contributed by atoms with Gasteiger partial charge in [0.2, 0.25) is 5.91 Å². The molecule has 0 saturated carbocycles. The van der Waals surface area contributed by atoms with Gasteiger partial charge in [-0.15, -0.1) is 0 Å². The zero-order chi connectivity index (χ0) is 11.3. The van der Waals surface area contributed by atoms with Gasteiger partial charge in [-0.2, -0.15) is 0 Å². The van der Waals surface area contributed by atoms with Gasteiger partial charge >= 0.3 is 0 Å². The van der Waals surface area contributed by atoms with Crippen molar-refractivity contribution >= 4 is 5.91 Å². The predicted octanol–water partition coefficient (Wildman–Crippen LogP) is 0.609. The molecule has 1 amide bonds. The Hall–Kier alpha value is -0.870. The van der Waals surface area contributed by atoms with Crippen LogP contribution in [0.4, 0.5) is 0 Å². The summed E-state index contributed by atoms with van der Waals surface area (Å²) in [5.74, 6) is -0.163. The Morgan fingerprint density at radius 2 is 2.47 bits per heavy atom. The molecule has 0 aromatic heterocycles. The SMILES string of the molecule is C=C(C)C(=O)NC(CCO)C1CCCO1. The quantitative estimate of drug-likeness (QED) is 0.658. The highest BCUT2D eigenvalue weighted by Crippen LogP contribution is 2.17. The zero-order valence-electron chi connectivity index (χ0n) is 9.16. The minimum Gasteiger partial charge on any atom is -0.396 e. The number of carbonyl (C=O) groups excluding carboxylic acids is 1. The topological polar surface area (TPSA) is 58.6 Å². The van der Waals surface area contributed by atoms with Crippen molar-refractivity contribution in [2.24, 2.45) is 0 Å². The van der Waals surface area contributed by atoms with Crippen molar-refractivity contribution < 1.29 is 14.6 Å². The Bertz CT molecular complexity index is 234. The summed E-state index contributed by atoms with van der Waals surface area (Å²) in [7, 11) is 0. The van der Waals surface area contributed by atoms with Gasteiger partial charge in [-0.05, 0) is 26.2 Å². The van der Waals surface area contributed by atoms with Gasteiger partial charge in [0.15, 0.2) is 0 Å². The highest BCUT2D eigenvalue weighted by molar-refractivity contribution is 5.92. The normalized spacial score (nSPS) is 22.4. The van der Waals surface area contributed by atoms with Crippen molar-refractivity contribution in [3.8, 4) is 0 Å². The summed E-state index contributed by atoms with van der Waals surface area (Å²) in [6.45, 7) is 6.05. The first-order chi connectivity index (χ1) is 7.15. The Morgan fingerprint density at radius 3 is 2.93 bits per heavy atom. The molecule has 0 aromatic rings. The molecule has 1 aliphatic rings. The van der Waals surface area contributed by atoms with Crippen LogP contribution in [0.3, 0.4) is 0 Å². The van der Waals surface area contributed by atoms with Crippen molar-refractivity contribution in [1.82, 2.24) is 5.32 Å². The van der Waals surface area contributed by atoms with Gasteiger partial charge in [-0.25, -0.2) is 0 Å². The fraction of sp³-hybridized carbons (Fsp3) is 0.727. The van der Waals surface area contributed by atoms with Crippen LogP contribution in [0.25, 0.3) is 0 Å². The number of aliphatic hydroxyl groups is 1. The van der Waals surface area contributed by atoms with Gasteiger partial charge in [-0.1, -0.05) is 6.58 Å². The van der Waals surface area contributed by atoms with E-state index in [4.69, 9.17) is 9.84 Å². The third kappa shape index (κ3) is 3.64. The molecule has 2 atom stereocenters. The van der Waals surface area contributed by atoms with E-state index in [1.807, 2.05) is 0 Å². The van der Waals surface area contributed by atoms with Crippen LogP contribution in [-0.2, 0) is 9.53 Å². The van der Waals surface area contributed by atoms with Crippen LogP contribution >= 0.6 is 0 Å². The summed E-state index contributed by atoms with van der Waals surface area (Å²) in [5.41, 5.74) is 0.482. The van der Waals surface area contributed by atoms with Crippen LogP contribution in [0.2, 0.25) is 0 Å². The number of aliphatic hydroxyl groups excluding tert-OH is 1. The Kier molecular flexibility index (Phi) is 4.78. The number of carbonyl (C=O) groups is 1. The standard InChI is InChI=1S/C11H19NO3/c1-8(2)11(14)12-9(5-6-13)10-4-3-7-15-10/h9-10,13H,1,3-7H2,2H3,(H,12,14). The van der Waals surface area contributed by atoms with Gasteiger partial charge in [0.25, 0.3) is 0 Å². The van der Waals surface area contributed by atoms with Gasteiger partial charge in [0.05, 0.1) is 12.1 Å². The molecule has 15 heavy (non-hydrogen) atoms. The molecule has 1 fully saturated rings. The minimum atomic E-state index is -0.163. The van der Waals surface area contributed by atoms with Crippen LogP contribution in [-0.4, -0.2) is 36.4 Å². The lowest BCUT2D eigenvalue weighted by molar-refractivity contribution is -0.119. The first kappa shape index (κ1) is 12.2. The Labute approximate surface area is 90.3 Å². The van der Waals surface area contributed by atoms with Crippen molar-refractivity contribution in [3.63, 3.8) is 0 Å². The second-order valence-corrected chi connectivity index (χ2v) is 3.92. The van der Waals surface area contributed by atoms with E-state index >= 15 is 0 Å². The highest BCUT2D eigenvalue weighted by atomic mass is 16.5. The molecule has 1 heterocycles. The third-order valence-corrected chi connectivity index (χ3v) is 2.56. The van der Waals surface area contributed by atoms with Crippen LogP contribution in [0.15, 0.2) is 12.2 Å². The monoisotopic (exact) mass is 213 g/mol. The molecular formula is C11H19NO3. The van der Waals surface area contributed by atoms with Gasteiger partial charge in [0, 0.05) is 18.8 Å². The molecule has 2 N–H and O–H groups in total. The lowest BCUT2D eigenvalue weighted by Gasteiger charge is -2.23. The largest absolute Gasteiger partial charge is 0.396 e. The van der Waals surface area contributed by atoms with E-state index in [2.05, 4.69) is 11.9 Å². The Morgan fingerprint density at radius 1 is 1.73 bits per heavy atom. The number of rotatable bonds is 5. The van der Waals surface area contributed by atoms with E-state index in [0.717, 1.165) is 19.4 Å². The average molecular weight is 213 g/mol. The maximum absolute atomic E-state index is 11.4. The summed E-state index contributed by atoms with van der Waals surface area (Å²) in [4.78, 5) is 11.4. The van der Waals surface area contributed by atoms with Gasteiger partial charge in [0.1, 0.15) is 0 Å². The second-order valence-electron chi connectivity index (χ2n) is 3.92. The Balaban J connectivity index is 2.49. The molecule has 0 radical (unpaired) electrons. The van der Waals surface area contributed by atoms with E-state index in [1.54, 1.807) is 6.92 Å². The highest BCUT2D eigenvalue weighted by Gasteiger charge is 2.26. The first-order valence-corrected chi connectivity index (χ1v) is 5.34. The van der Waals surface area contributed by atoms with Crippen molar-refractivity contribution in [2.45, 2.75) is 38.3 Å². The molecule has 2 unspecified atom stereocenters. The summed E-state index contributed by atoms with van der Waals surface area (Å²) < 4.78 is 5.49. The predicted molar refractivity (Wildman–Crippen MR) is 57.4 cm³/mol. The maximum Gasteiger partial charge on any atom is 0.246 e. The van der Waals surface area contributed by atoms with E-state index in [-0.39, 0.29) is 24.7 Å². The molecule has 0 spiro atoms. The van der Waals surface area contributed by atoms with Gasteiger partial charge < -0.3 is 15.2 Å². The molecule has 4 heteroatoms. The van der Waals surface area contributed by atoms with Crippen LogP contribution in [0.1, 0.15) is 26.2 Å². The molecule has 86 valence electrons. The third-order valence-electron chi connectivity index (χ3n) is 2.56. The average Bonchev–Trinajstić information content (AvgIpc) is 2.69. The van der Waals surface area contributed by atoms with Crippen molar-refractivity contribution in [1.29, 1.82) is 0 Å². The molecule has 0 aromatic carbocycles. The van der Waals surface area contributed by atoms with Gasteiger partial charge in [-0.3, -0.25) is 4.79 Å². The van der Waals surface area contributed by atoms with E-state index in [0.29, 0.717) is 12.0 Å². The number of hydrogen-bond acceptors (Lipinski definition) is 3. The van der Waals surface area contributed by atoms with Crippen LogP contribution in [0, 0.1) is 0 Å². The van der Waals surface area contributed by atoms with Crippen LogP contribution < -0.4 is 5.32 Å².